The third kappa shape index (κ3) is 6.01. The first-order chi connectivity index (χ1) is 9.79. The van der Waals surface area contributed by atoms with Crippen LogP contribution in [0.4, 0.5) is 5.69 Å². The lowest BCUT2D eigenvalue weighted by Crippen LogP contribution is -2.41. The van der Waals surface area contributed by atoms with Crippen LogP contribution in [0.1, 0.15) is 20.3 Å². The van der Waals surface area contributed by atoms with Crippen molar-refractivity contribution in [3.63, 3.8) is 0 Å². The molecule has 0 aliphatic carbocycles. The van der Waals surface area contributed by atoms with Crippen LogP contribution in [0.15, 0.2) is 18.2 Å². The van der Waals surface area contributed by atoms with Crippen molar-refractivity contribution in [2.45, 2.75) is 26.3 Å². The molecule has 21 heavy (non-hydrogen) atoms. The molecule has 4 N–H and O–H groups in total. The van der Waals surface area contributed by atoms with E-state index in [1.165, 1.54) is 18.2 Å². The molecule has 0 bridgehead atoms. The highest BCUT2D eigenvalue weighted by atomic mass is 35.5. The smallest absolute Gasteiger partial charge is 0.321 e. The minimum absolute atomic E-state index is 0.130. The number of aliphatic carboxylic acids is 1. The van der Waals surface area contributed by atoms with Crippen LogP contribution in [0.5, 0.6) is 5.75 Å². The van der Waals surface area contributed by atoms with E-state index in [-0.39, 0.29) is 23.8 Å². The number of carbonyl (C=O) groups is 2. The number of carboxylic acids is 1. The van der Waals surface area contributed by atoms with Gasteiger partial charge in [0.25, 0.3) is 0 Å². The summed E-state index contributed by atoms with van der Waals surface area (Å²) in [6.45, 7) is 4.37. The van der Waals surface area contributed by atoms with E-state index in [4.69, 9.17) is 16.7 Å². The van der Waals surface area contributed by atoms with E-state index in [2.05, 4.69) is 10.6 Å². The molecule has 1 amide bonds. The third-order valence-corrected chi connectivity index (χ3v) is 2.93. The molecular weight excluding hydrogens is 296 g/mol. The quantitative estimate of drug-likeness (QED) is 0.578. The summed E-state index contributed by atoms with van der Waals surface area (Å²) in [6.07, 6.45) is -0.242. The number of phenolic OH excluding ortho intramolecular Hbond substituents is 1. The SMILES string of the molecule is CC(C)CN[C@H](CC(=O)Nc1cc(Cl)ccc1O)C(=O)O. The number of hydrogen-bond acceptors (Lipinski definition) is 4. The molecule has 0 spiro atoms. The Bertz CT molecular complexity index is 520. The van der Waals surface area contributed by atoms with E-state index in [1.807, 2.05) is 13.8 Å². The maximum atomic E-state index is 11.9. The molecule has 0 fully saturated rings. The fourth-order valence-electron chi connectivity index (χ4n) is 1.62. The van der Waals surface area contributed by atoms with Crippen LogP contribution >= 0.6 is 11.6 Å². The molecule has 1 aromatic carbocycles. The topological polar surface area (TPSA) is 98.7 Å². The Kier molecular flexibility index (Phi) is 6.45. The summed E-state index contributed by atoms with van der Waals surface area (Å²) in [4.78, 5) is 23.0. The Morgan fingerprint density at radius 1 is 1.33 bits per heavy atom. The van der Waals surface area contributed by atoms with Gasteiger partial charge < -0.3 is 20.8 Å². The second kappa shape index (κ2) is 7.85. The van der Waals surface area contributed by atoms with Crippen LogP contribution in [0.2, 0.25) is 5.02 Å². The van der Waals surface area contributed by atoms with E-state index in [9.17, 15) is 14.7 Å². The highest BCUT2D eigenvalue weighted by Crippen LogP contribution is 2.26. The van der Waals surface area contributed by atoms with Gasteiger partial charge in [0.05, 0.1) is 12.1 Å². The van der Waals surface area contributed by atoms with E-state index in [0.29, 0.717) is 11.6 Å². The summed E-state index contributed by atoms with van der Waals surface area (Å²) in [5, 5.41) is 24.3. The Morgan fingerprint density at radius 3 is 2.57 bits per heavy atom. The number of nitrogens with one attached hydrogen (secondary N) is 2. The Hall–Kier alpha value is -1.79. The zero-order chi connectivity index (χ0) is 16.0. The third-order valence-electron chi connectivity index (χ3n) is 2.69. The summed E-state index contributed by atoms with van der Waals surface area (Å²) < 4.78 is 0. The van der Waals surface area contributed by atoms with E-state index >= 15 is 0 Å². The summed E-state index contributed by atoms with van der Waals surface area (Å²) in [5.74, 6) is -1.47. The second-order valence-electron chi connectivity index (χ2n) is 5.11. The van der Waals surface area contributed by atoms with Crippen molar-refractivity contribution >= 4 is 29.2 Å². The molecule has 1 rings (SSSR count). The first-order valence-corrected chi connectivity index (χ1v) is 6.92. The molecule has 0 unspecified atom stereocenters. The van der Waals surface area contributed by atoms with Crippen molar-refractivity contribution in [3.8, 4) is 5.75 Å². The van der Waals surface area contributed by atoms with E-state index in [1.54, 1.807) is 0 Å². The van der Waals surface area contributed by atoms with Crippen LogP contribution in [0.3, 0.4) is 0 Å². The number of anilines is 1. The number of phenols is 1. The maximum absolute atomic E-state index is 11.9. The maximum Gasteiger partial charge on any atom is 0.321 e. The number of amides is 1. The average molecular weight is 315 g/mol. The number of carboxylic acid groups (broad SMARTS) is 1. The normalized spacial score (nSPS) is 12.2. The van der Waals surface area contributed by atoms with Gasteiger partial charge in [0, 0.05) is 5.02 Å². The van der Waals surface area contributed by atoms with Gasteiger partial charge in [-0.2, -0.15) is 0 Å². The van der Waals surface area contributed by atoms with Crippen LogP contribution in [0.25, 0.3) is 0 Å². The molecule has 0 radical (unpaired) electrons. The monoisotopic (exact) mass is 314 g/mol. The van der Waals surface area contributed by atoms with Gasteiger partial charge in [-0.25, -0.2) is 0 Å². The fraction of sp³-hybridized carbons (Fsp3) is 0.429. The van der Waals surface area contributed by atoms with E-state index < -0.39 is 17.9 Å². The molecule has 116 valence electrons. The molecule has 1 atom stereocenters. The first-order valence-electron chi connectivity index (χ1n) is 6.54. The van der Waals surface area contributed by atoms with Crippen molar-refractivity contribution < 1.29 is 19.8 Å². The first kappa shape index (κ1) is 17.3. The van der Waals surface area contributed by atoms with Crippen LogP contribution in [-0.2, 0) is 9.59 Å². The van der Waals surface area contributed by atoms with Gasteiger partial charge in [0.2, 0.25) is 5.91 Å². The highest BCUT2D eigenvalue weighted by Gasteiger charge is 2.21. The summed E-state index contributed by atoms with van der Waals surface area (Å²) in [6, 6.07) is 3.25. The Morgan fingerprint density at radius 2 is 2.00 bits per heavy atom. The second-order valence-corrected chi connectivity index (χ2v) is 5.54. The summed E-state index contributed by atoms with van der Waals surface area (Å²) in [5.41, 5.74) is 0.153. The average Bonchev–Trinajstić information content (AvgIpc) is 2.38. The molecule has 0 saturated heterocycles. The van der Waals surface area contributed by atoms with Gasteiger partial charge in [-0.1, -0.05) is 25.4 Å². The standard InChI is InChI=1S/C14H19ClN2O4/c1-8(2)7-16-11(14(20)21)6-13(19)17-10-5-9(15)3-4-12(10)18/h3-5,8,11,16,18H,6-7H2,1-2H3,(H,17,19)(H,20,21)/t11-/m1/s1. The van der Waals surface area contributed by atoms with E-state index in [0.717, 1.165) is 0 Å². The molecule has 1 aromatic rings. The van der Waals surface area contributed by atoms with Crippen molar-refractivity contribution in [2.24, 2.45) is 5.92 Å². The number of halogens is 1. The number of aromatic hydroxyl groups is 1. The molecule has 6 nitrogen and oxygen atoms in total. The summed E-state index contributed by atoms with van der Waals surface area (Å²) >= 11 is 5.77. The van der Waals surface area contributed by atoms with Gasteiger partial charge in [-0.05, 0) is 30.7 Å². The van der Waals surface area contributed by atoms with Gasteiger partial charge in [0.1, 0.15) is 11.8 Å². The zero-order valence-electron chi connectivity index (χ0n) is 11.9. The van der Waals surface area contributed by atoms with Gasteiger partial charge >= 0.3 is 5.97 Å². The largest absolute Gasteiger partial charge is 0.506 e. The van der Waals surface area contributed by atoms with Crippen LogP contribution < -0.4 is 10.6 Å². The summed E-state index contributed by atoms with van der Waals surface area (Å²) in [7, 11) is 0. The van der Waals surface area contributed by atoms with Gasteiger partial charge in [-0.3, -0.25) is 9.59 Å². The predicted molar refractivity (Wildman–Crippen MR) is 80.6 cm³/mol. The number of benzene rings is 1. The molecule has 0 saturated carbocycles. The van der Waals surface area contributed by atoms with Crippen molar-refractivity contribution in [1.29, 1.82) is 0 Å². The van der Waals surface area contributed by atoms with Crippen LogP contribution in [0, 0.1) is 5.92 Å². The zero-order valence-corrected chi connectivity index (χ0v) is 12.6. The number of carbonyl (C=O) groups excluding carboxylic acids is 1. The Balaban J connectivity index is 2.65. The lowest BCUT2D eigenvalue weighted by molar-refractivity contribution is -0.141. The lowest BCUT2D eigenvalue weighted by atomic mass is 10.1. The molecule has 7 heteroatoms. The van der Waals surface area contributed by atoms with Crippen LogP contribution in [-0.4, -0.2) is 34.7 Å². The predicted octanol–water partition coefficient (Wildman–Crippen LogP) is 2.07. The molecular formula is C14H19ClN2O4. The minimum atomic E-state index is -1.10. The molecule has 0 heterocycles. The lowest BCUT2D eigenvalue weighted by Gasteiger charge is -2.16. The van der Waals surface area contributed by atoms with Crippen molar-refractivity contribution in [3.05, 3.63) is 23.2 Å². The Labute approximate surface area is 128 Å². The molecule has 0 aromatic heterocycles. The number of hydrogen-bond donors (Lipinski definition) is 4. The van der Waals surface area contributed by atoms with Gasteiger partial charge in [0.15, 0.2) is 0 Å². The van der Waals surface area contributed by atoms with Crippen molar-refractivity contribution in [1.82, 2.24) is 5.32 Å². The highest BCUT2D eigenvalue weighted by molar-refractivity contribution is 6.31. The minimum Gasteiger partial charge on any atom is -0.506 e. The molecule has 0 aliphatic heterocycles. The number of rotatable bonds is 7. The fourth-order valence-corrected chi connectivity index (χ4v) is 1.79. The van der Waals surface area contributed by atoms with Crippen molar-refractivity contribution in [2.75, 3.05) is 11.9 Å². The molecule has 0 aliphatic rings. The van der Waals surface area contributed by atoms with Gasteiger partial charge in [-0.15, -0.1) is 0 Å².